The van der Waals surface area contributed by atoms with Gasteiger partial charge in [-0.3, -0.25) is 0 Å². The first-order chi connectivity index (χ1) is 0. The van der Waals surface area contributed by atoms with E-state index in [1.807, 2.05) is 0 Å². The zero-order chi connectivity index (χ0) is 0. The molecule has 0 amide bonds. The molecular weight excluding hydrogens is 254 g/mol. The largest absolute Gasteiger partial charge is 3.00 e. The van der Waals surface area contributed by atoms with Crippen LogP contribution in [-0.2, 0) is 38.4 Å². The van der Waals surface area contributed by atoms with Crippen LogP contribution in [0.1, 0.15) is 0 Å². The van der Waals surface area contributed by atoms with E-state index in [1.54, 1.807) is 0 Å². The normalized spacial score (nSPS) is 0. The summed E-state index contributed by atoms with van der Waals surface area (Å²) in [5.74, 6) is 0. The van der Waals surface area contributed by atoms with Gasteiger partial charge in [0.15, 0.2) is 0 Å². The Morgan fingerprint density at radius 3 is 0.600 bits per heavy atom. The molecule has 0 unspecified atom stereocenters. The molecule has 0 spiro atoms. The Bertz CT molecular complexity index is 6.85. The molecule has 0 aliphatic carbocycles. The first kappa shape index (κ1) is 60.2. The third-order valence-electron chi connectivity index (χ3n) is 0. The molecule has 0 bridgehead atoms. The molecule has 0 heterocycles. The van der Waals surface area contributed by atoms with Crippen molar-refractivity contribution in [1.29, 1.82) is 0 Å². The van der Waals surface area contributed by atoms with Crippen LogP contribution >= 0.6 is 0 Å². The van der Waals surface area contributed by atoms with Gasteiger partial charge in [0, 0.05) is 21.1 Å². The van der Waals surface area contributed by atoms with Crippen LogP contribution in [-0.4, -0.2) is 0 Å². The number of halogens is 3. The molecule has 0 rings (SSSR count). The molecule has 0 saturated carbocycles. The smallest absolute Gasteiger partial charge is 1.00 e. The van der Waals surface area contributed by atoms with Crippen LogP contribution in [0, 0.1) is 0 Å². The minimum absolute atomic E-state index is 0. The molecule has 5 heteroatoms. The van der Waals surface area contributed by atoms with Crippen LogP contribution in [0.25, 0.3) is 0 Å². The summed E-state index contributed by atoms with van der Waals surface area (Å²) in [5.41, 5.74) is 0. The maximum atomic E-state index is 0. The summed E-state index contributed by atoms with van der Waals surface area (Å²) >= 11 is 0. The molecule has 0 aromatic heterocycles. The average Bonchev–Trinajstić information content (AvgIpc) is 0. The maximum Gasteiger partial charge on any atom is 3.00 e. The molecule has 0 nitrogen and oxygen atoms in total. The van der Waals surface area contributed by atoms with E-state index >= 15 is 0 Å². The Labute approximate surface area is 75.1 Å². The number of hydrogen-bond acceptors (Lipinski definition) is 0. The standard InChI is InChI=1S/3ClH.Cr.Mo/h3*1H;;/q;;;+3;/p-3. The first-order valence-corrected chi connectivity index (χ1v) is 0. The summed E-state index contributed by atoms with van der Waals surface area (Å²) in [7, 11) is 0. The van der Waals surface area contributed by atoms with Crippen molar-refractivity contribution in [1.82, 2.24) is 0 Å². The Hall–Kier alpha value is 2.09. The van der Waals surface area contributed by atoms with Gasteiger partial charge >= 0.3 is 17.4 Å². The van der Waals surface area contributed by atoms with E-state index in [0.717, 1.165) is 0 Å². The van der Waals surface area contributed by atoms with Gasteiger partial charge in [-0.25, -0.2) is 0 Å². The van der Waals surface area contributed by atoms with Gasteiger partial charge in [0.25, 0.3) is 0 Å². The van der Waals surface area contributed by atoms with Crippen molar-refractivity contribution >= 4 is 0 Å². The molecular formula is Cl3CrMo. The summed E-state index contributed by atoms with van der Waals surface area (Å²) in [4.78, 5) is 0. The second kappa shape index (κ2) is 36.1. The predicted octanol–water partition coefficient (Wildman–Crippen LogP) is -8.99. The van der Waals surface area contributed by atoms with Gasteiger partial charge in [-0.1, -0.05) is 0 Å². The number of rotatable bonds is 0. The van der Waals surface area contributed by atoms with Gasteiger partial charge in [0.05, 0.1) is 0 Å². The van der Waals surface area contributed by atoms with E-state index in [0.29, 0.717) is 0 Å². The van der Waals surface area contributed by atoms with Crippen molar-refractivity contribution in [3.63, 3.8) is 0 Å². The molecule has 0 fully saturated rings. The minimum Gasteiger partial charge on any atom is -1.00 e. The van der Waals surface area contributed by atoms with E-state index in [1.165, 1.54) is 0 Å². The van der Waals surface area contributed by atoms with Crippen LogP contribution in [0.2, 0.25) is 0 Å². The first-order valence-electron chi connectivity index (χ1n) is 0. The zero-order valence-electron chi connectivity index (χ0n) is 1.95. The molecule has 0 N–H and O–H groups in total. The van der Waals surface area contributed by atoms with Crippen LogP contribution in [0.15, 0.2) is 0 Å². The van der Waals surface area contributed by atoms with E-state index < -0.39 is 0 Å². The van der Waals surface area contributed by atoms with Gasteiger partial charge in [0.2, 0.25) is 0 Å². The van der Waals surface area contributed by atoms with Crippen molar-refractivity contribution < 1.29 is 75.6 Å². The fraction of sp³-hybridized carbons (Fsp3) is 0. The maximum absolute atomic E-state index is 0. The fourth-order valence-corrected chi connectivity index (χ4v) is 0. The van der Waals surface area contributed by atoms with Crippen LogP contribution in [0.3, 0.4) is 0 Å². The fourth-order valence-electron chi connectivity index (χ4n) is 0. The monoisotopic (exact) mass is 255 g/mol. The van der Waals surface area contributed by atoms with E-state index in [2.05, 4.69) is 0 Å². The molecule has 0 aliphatic heterocycles. The average molecular weight is 254 g/mol. The van der Waals surface area contributed by atoms with E-state index in [-0.39, 0.29) is 75.6 Å². The molecule has 0 saturated heterocycles. The van der Waals surface area contributed by atoms with Crippen molar-refractivity contribution in [3.05, 3.63) is 0 Å². The van der Waals surface area contributed by atoms with Crippen molar-refractivity contribution in [2.75, 3.05) is 0 Å². The number of hydrogen-bond donors (Lipinski definition) is 0. The van der Waals surface area contributed by atoms with Crippen LogP contribution in [0.4, 0.5) is 0 Å². The molecule has 0 atom stereocenters. The quantitative estimate of drug-likeness (QED) is 0.377. The Balaban J connectivity index is 0. The summed E-state index contributed by atoms with van der Waals surface area (Å²) < 4.78 is 0. The summed E-state index contributed by atoms with van der Waals surface area (Å²) in [6.07, 6.45) is 0. The predicted molar refractivity (Wildman–Crippen MR) is 0 cm³/mol. The minimum atomic E-state index is 0. The van der Waals surface area contributed by atoms with Crippen molar-refractivity contribution in [3.8, 4) is 0 Å². The van der Waals surface area contributed by atoms with Crippen LogP contribution in [0.5, 0.6) is 0 Å². The molecule has 1 radical (unpaired) electrons. The topological polar surface area (TPSA) is 0 Å². The van der Waals surface area contributed by atoms with Gasteiger partial charge < -0.3 is 37.2 Å². The molecule has 5 heavy (non-hydrogen) atoms. The Kier molecular flexibility index (Phi) is 435. The molecule has 0 aromatic rings. The van der Waals surface area contributed by atoms with Crippen molar-refractivity contribution in [2.24, 2.45) is 0 Å². The second-order valence-electron chi connectivity index (χ2n) is 0. The summed E-state index contributed by atoms with van der Waals surface area (Å²) in [5, 5.41) is 0. The Morgan fingerprint density at radius 1 is 0.600 bits per heavy atom. The van der Waals surface area contributed by atoms with E-state index in [9.17, 15) is 0 Å². The van der Waals surface area contributed by atoms with Gasteiger partial charge in [-0.05, 0) is 0 Å². The molecule has 33 valence electrons. The van der Waals surface area contributed by atoms with Crippen molar-refractivity contribution in [2.45, 2.75) is 0 Å². The van der Waals surface area contributed by atoms with E-state index in [4.69, 9.17) is 0 Å². The molecule has 0 aliphatic rings. The van der Waals surface area contributed by atoms with Gasteiger partial charge in [-0.15, -0.1) is 0 Å². The van der Waals surface area contributed by atoms with Gasteiger partial charge in [-0.2, -0.15) is 0 Å². The Morgan fingerprint density at radius 2 is 0.600 bits per heavy atom. The summed E-state index contributed by atoms with van der Waals surface area (Å²) in [6.45, 7) is 0. The van der Waals surface area contributed by atoms with Crippen LogP contribution < -0.4 is 37.2 Å². The summed E-state index contributed by atoms with van der Waals surface area (Å²) in [6, 6.07) is 0. The zero-order valence-corrected chi connectivity index (χ0v) is 7.50. The third kappa shape index (κ3) is 23.3. The third-order valence-corrected chi connectivity index (χ3v) is 0. The van der Waals surface area contributed by atoms with Gasteiger partial charge in [0.1, 0.15) is 0 Å². The molecule has 0 aromatic carbocycles. The SMILES string of the molecule is [Cl-].[Cl-].[Cl-].[Cr+3].[Mo]. The second-order valence-corrected chi connectivity index (χ2v) is 0.